The second kappa shape index (κ2) is 8.15. The summed E-state index contributed by atoms with van der Waals surface area (Å²) in [6, 6.07) is 7.95. The van der Waals surface area contributed by atoms with Crippen LogP contribution in [0.5, 0.6) is 0 Å². The molecular formula is C19H26ClN3O2S2. The molecule has 27 heavy (non-hydrogen) atoms. The first-order valence-corrected chi connectivity index (χ1v) is 12.0. The summed E-state index contributed by atoms with van der Waals surface area (Å²) in [4.78, 5) is 0.359. The molecule has 2 heterocycles. The summed E-state index contributed by atoms with van der Waals surface area (Å²) in [7, 11) is -3.57. The zero-order valence-electron chi connectivity index (χ0n) is 16.1. The van der Waals surface area contributed by atoms with Crippen molar-refractivity contribution in [2.75, 3.05) is 18.8 Å². The van der Waals surface area contributed by atoms with Gasteiger partial charge in [0.2, 0.25) is 10.0 Å². The predicted molar refractivity (Wildman–Crippen MR) is 112 cm³/mol. The molecule has 148 valence electrons. The van der Waals surface area contributed by atoms with Gasteiger partial charge >= 0.3 is 0 Å². The molecule has 1 aromatic heterocycles. The van der Waals surface area contributed by atoms with Crippen LogP contribution < -0.4 is 0 Å². The molecule has 0 radical (unpaired) electrons. The van der Waals surface area contributed by atoms with Crippen molar-refractivity contribution in [3.05, 3.63) is 46.2 Å². The van der Waals surface area contributed by atoms with Crippen LogP contribution in [0, 0.1) is 13.8 Å². The van der Waals surface area contributed by atoms with Crippen LogP contribution in [0.4, 0.5) is 0 Å². The smallest absolute Gasteiger partial charge is 0.246 e. The lowest BCUT2D eigenvalue weighted by molar-refractivity contribution is 0.427. The van der Waals surface area contributed by atoms with Gasteiger partial charge < -0.3 is 0 Å². The maximum Gasteiger partial charge on any atom is 0.246 e. The van der Waals surface area contributed by atoms with E-state index >= 15 is 0 Å². The molecule has 2 aromatic rings. The molecule has 5 nitrogen and oxygen atoms in total. The monoisotopic (exact) mass is 427 g/mol. The molecule has 3 rings (SSSR count). The first-order valence-electron chi connectivity index (χ1n) is 9.15. The minimum absolute atomic E-state index is 0.122. The SMILES string of the molecule is Cc1nn(C(C)C)c(C)c1S(=O)(=O)N1CCSC(c2ccccc2Cl)CC1. The van der Waals surface area contributed by atoms with Gasteiger partial charge in [-0.2, -0.15) is 21.2 Å². The van der Waals surface area contributed by atoms with Gasteiger partial charge in [0.25, 0.3) is 0 Å². The van der Waals surface area contributed by atoms with Crippen LogP contribution in [0.1, 0.15) is 48.5 Å². The lowest BCUT2D eigenvalue weighted by atomic mass is 10.1. The highest BCUT2D eigenvalue weighted by Crippen LogP contribution is 2.39. The van der Waals surface area contributed by atoms with Crippen molar-refractivity contribution in [3.63, 3.8) is 0 Å². The maximum absolute atomic E-state index is 13.4. The molecule has 8 heteroatoms. The number of nitrogens with zero attached hydrogens (tertiary/aromatic N) is 3. The molecule has 0 aliphatic carbocycles. The Labute approximate surface area is 171 Å². The van der Waals surface area contributed by atoms with E-state index in [4.69, 9.17) is 11.6 Å². The quantitative estimate of drug-likeness (QED) is 0.715. The van der Waals surface area contributed by atoms with Crippen molar-refractivity contribution < 1.29 is 8.42 Å². The van der Waals surface area contributed by atoms with Gasteiger partial charge in [0.05, 0.1) is 11.4 Å². The van der Waals surface area contributed by atoms with E-state index in [1.165, 1.54) is 0 Å². The minimum Gasteiger partial charge on any atom is -0.266 e. The maximum atomic E-state index is 13.4. The second-order valence-corrected chi connectivity index (χ2v) is 10.7. The first kappa shape index (κ1) is 20.7. The van der Waals surface area contributed by atoms with E-state index in [0.29, 0.717) is 29.4 Å². The highest BCUT2D eigenvalue weighted by molar-refractivity contribution is 7.99. The van der Waals surface area contributed by atoms with Crippen LogP contribution in [0.25, 0.3) is 0 Å². The number of aryl methyl sites for hydroxylation is 1. The van der Waals surface area contributed by atoms with Crippen LogP contribution in [-0.4, -0.2) is 41.3 Å². The number of hydrogen-bond donors (Lipinski definition) is 0. The third kappa shape index (κ3) is 4.06. The number of aromatic nitrogens is 2. The summed E-state index contributed by atoms with van der Waals surface area (Å²) in [6.45, 7) is 8.61. The predicted octanol–water partition coefficient (Wildman–Crippen LogP) is 4.60. The zero-order chi connectivity index (χ0) is 19.8. The van der Waals surface area contributed by atoms with E-state index in [2.05, 4.69) is 5.10 Å². The molecule has 1 unspecified atom stereocenters. The Bertz CT molecular complexity index is 925. The molecule has 0 saturated carbocycles. The van der Waals surface area contributed by atoms with E-state index in [-0.39, 0.29) is 11.3 Å². The van der Waals surface area contributed by atoms with E-state index in [1.54, 1.807) is 27.7 Å². The summed E-state index contributed by atoms with van der Waals surface area (Å²) in [5.41, 5.74) is 2.37. The van der Waals surface area contributed by atoms with Crippen molar-refractivity contribution in [2.24, 2.45) is 0 Å². The Balaban J connectivity index is 1.86. The molecule has 1 aliphatic heterocycles. The normalized spacial score (nSPS) is 19.4. The van der Waals surface area contributed by atoms with E-state index < -0.39 is 10.0 Å². The number of hydrogen-bond acceptors (Lipinski definition) is 4. The van der Waals surface area contributed by atoms with Crippen LogP contribution in [0.2, 0.25) is 5.02 Å². The summed E-state index contributed by atoms with van der Waals surface area (Å²) >= 11 is 8.12. The third-order valence-corrected chi connectivity index (χ3v) is 8.70. The van der Waals surface area contributed by atoms with Crippen LogP contribution >= 0.6 is 23.4 Å². The number of benzene rings is 1. The average Bonchev–Trinajstić information content (AvgIpc) is 2.78. The Hall–Kier alpha value is -1.02. The fourth-order valence-electron chi connectivity index (χ4n) is 3.63. The summed E-state index contributed by atoms with van der Waals surface area (Å²) in [5.74, 6) is 0.742. The van der Waals surface area contributed by atoms with E-state index in [9.17, 15) is 8.42 Å². The van der Waals surface area contributed by atoms with E-state index in [0.717, 1.165) is 22.8 Å². The van der Waals surface area contributed by atoms with Crippen molar-refractivity contribution in [3.8, 4) is 0 Å². The topological polar surface area (TPSA) is 55.2 Å². The van der Waals surface area contributed by atoms with Gasteiger partial charge in [-0.3, -0.25) is 4.68 Å². The van der Waals surface area contributed by atoms with Crippen molar-refractivity contribution in [2.45, 2.75) is 50.3 Å². The molecule has 0 spiro atoms. The van der Waals surface area contributed by atoms with Crippen LogP contribution in [0.15, 0.2) is 29.2 Å². The van der Waals surface area contributed by atoms with Gasteiger partial charge in [0, 0.05) is 35.2 Å². The third-order valence-electron chi connectivity index (χ3n) is 4.90. The van der Waals surface area contributed by atoms with Crippen LogP contribution in [0.3, 0.4) is 0 Å². The fraction of sp³-hybridized carbons (Fsp3) is 0.526. The van der Waals surface area contributed by atoms with Crippen LogP contribution in [-0.2, 0) is 10.0 Å². The summed E-state index contributed by atoms with van der Waals surface area (Å²) < 4.78 is 30.1. The Kier molecular flexibility index (Phi) is 6.25. The zero-order valence-corrected chi connectivity index (χ0v) is 18.5. The lowest BCUT2D eigenvalue weighted by Gasteiger charge is -2.20. The number of thioether (sulfide) groups is 1. The first-order chi connectivity index (χ1) is 12.7. The van der Waals surface area contributed by atoms with Crippen molar-refractivity contribution in [1.82, 2.24) is 14.1 Å². The van der Waals surface area contributed by atoms with Crippen molar-refractivity contribution >= 4 is 33.4 Å². The minimum atomic E-state index is -3.57. The number of sulfonamides is 1. The Morgan fingerprint density at radius 1 is 1.22 bits per heavy atom. The molecule has 1 fully saturated rings. The highest BCUT2D eigenvalue weighted by atomic mass is 35.5. The summed E-state index contributed by atoms with van der Waals surface area (Å²) in [5, 5.41) is 5.41. The average molecular weight is 428 g/mol. The molecule has 1 aromatic carbocycles. The fourth-order valence-corrected chi connectivity index (χ4v) is 7.16. The van der Waals surface area contributed by atoms with E-state index in [1.807, 2.05) is 45.0 Å². The van der Waals surface area contributed by atoms with Gasteiger partial charge in [-0.25, -0.2) is 8.42 Å². The van der Waals surface area contributed by atoms with Gasteiger partial charge in [-0.1, -0.05) is 29.8 Å². The molecule has 1 aliphatic rings. The van der Waals surface area contributed by atoms with Gasteiger partial charge in [-0.15, -0.1) is 0 Å². The van der Waals surface area contributed by atoms with Gasteiger partial charge in [0.1, 0.15) is 4.90 Å². The van der Waals surface area contributed by atoms with Gasteiger partial charge in [0.15, 0.2) is 0 Å². The van der Waals surface area contributed by atoms with Gasteiger partial charge in [-0.05, 0) is 45.7 Å². The largest absolute Gasteiger partial charge is 0.266 e. The second-order valence-electron chi connectivity index (χ2n) is 7.11. The Morgan fingerprint density at radius 3 is 2.56 bits per heavy atom. The molecule has 0 bridgehead atoms. The standard InChI is InChI=1S/C19H26ClN3O2S2/c1-13(2)23-15(4)19(14(3)21-23)27(24,25)22-10-9-18(26-12-11-22)16-7-5-6-8-17(16)20/h5-8,13,18H,9-12H2,1-4H3. The number of rotatable bonds is 4. The lowest BCUT2D eigenvalue weighted by Crippen LogP contribution is -2.33. The molecule has 1 atom stereocenters. The number of halogens is 1. The van der Waals surface area contributed by atoms with Crippen molar-refractivity contribution in [1.29, 1.82) is 0 Å². The highest BCUT2D eigenvalue weighted by Gasteiger charge is 2.33. The molecule has 1 saturated heterocycles. The Morgan fingerprint density at radius 2 is 1.93 bits per heavy atom. The molecule has 0 N–H and O–H groups in total. The summed E-state index contributed by atoms with van der Waals surface area (Å²) in [6.07, 6.45) is 0.740. The molecular weight excluding hydrogens is 402 g/mol. The molecule has 0 amide bonds.